The van der Waals surface area contributed by atoms with Crippen LogP contribution in [0.25, 0.3) is 11.3 Å². The van der Waals surface area contributed by atoms with Crippen molar-refractivity contribution in [2.45, 2.75) is 32.1 Å². The van der Waals surface area contributed by atoms with Gasteiger partial charge in [-0.15, -0.1) is 0 Å². The third kappa shape index (κ3) is 1.90. The van der Waals surface area contributed by atoms with Gasteiger partial charge >= 0.3 is 0 Å². The summed E-state index contributed by atoms with van der Waals surface area (Å²) in [5.41, 5.74) is 7.74. The van der Waals surface area contributed by atoms with Gasteiger partial charge in [-0.05, 0) is 49.1 Å². The molecule has 0 spiro atoms. The number of fused-ring (bicyclic) bond motifs is 2. The first-order chi connectivity index (χ1) is 9.81. The highest BCUT2D eigenvalue weighted by atomic mass is 16.5. The van der Waals surface area contributed by atoms with Crippen molar-refractivity contribution in [1.29, 1.82) is 0 Å². The van der Waals surface area contributed by atoms with Crippen LogP contribution in [0.2, 0.25) is 0 Å². The highest BCUT2D eigenvalue weighted by Gasteiger charge is 2.40. The van der Waals surface area contributed by atoms with E-state index in [4.69, 9.17) is 10.3 Å². The number of aromatic nitrogens is 2. The third-order valence-electron chi connectivity index (χ3n) is 5.04. The van der Waals surface area contributed by atoms with E-state index >= 15 is 0 Å². The summed E-state index contributed by atoms with van der Waals surface area (Å²) >= 11 is 0. The molecule has 0 aromatic carbocycles. The molecule has 2 saturated carbocycles. The number of nitrogens with zero attached hydrogens (tertiary/aromatic N) is 2. The topological polar surface area (TPSA) is 64.9 Å². The maximum Gasteiger partial charge on any atom is 0.176 e. The fourth-order valence-corrected chi connectivity index (χ4v) is 4.13. The van der Waals surface area contributed by atoms with Gasteiger partial charge in [-0.1, -0.05) is 17.6 Å². The third-order valence-corrected chi connectivity index (χ3v) is 5.04. The van der Waals surface area contributed by atoms with Crippen LogP contribution in [0.3, 0.4) is 0 Å². The maximum absolute atomic E-state index is 5.98. The van der Waals surface area contributed by atoms with Gasteiger partial charge in [-0.25, -0.2) is 0 Å². The predicted molar refractivity (Wildman–Crippen MR) is 76.8 cm³/mol. The van der Waals surface area contributed by atoms with Crippen LogP contribution in [-0.2, 0) is 6.42 Å². The summed E-state index contributed by atoms with van der Waals surface area (Å²) in [6.07, 6.45) is 8.30. The number of anilines is 1. The lowest BCUT2D eigenvalue weighted by Gasteiger charge is -2.20. The normalized spacial score (nSPS) is 28.1. The van der Waals surface area contributed by atoms with Crippen molar-refractivity contribution in [1.82, 2.24) is 10.1 Å². The van der Waals surface area contributed by atoms with Gasteiger partial charge in [0.15, 0.2) is 5.82 Å². The Hall–Kier alpha value is -1.84. The molecule has 0 saturated heterocycles. The summed E-state index contributed by atoms with van der Waals surface area (Å²) in [6, 6.07) is 5.84. The Morgan fingerprint density at radius 3 is 2.90 bits per heavy atom. The molecule has 20 heavy (non-hydrogen) atoms. The predicted octanol–water partition coefficient (Wildman–Crippen LogP) is 3.30. The van der Waals surface area contributed by atoms with E-state index in [0.717, 1.165) is 41.2 Å². The van der Waals surface area contributed by atoms with Crippen molar-refractivity contribution in [3.8, 4) is 11.3 Å². The lowest BCUT2D eigenvalue weighted by Crippen LogP contribution is -2.13. The fourth-order valence-electron chi connectivity index (χ4n) is 4.13. The minimum Gasteiger partial charge on any atom is -0.380 e. The van der Waals surface area contributed by atoms with Gasteiger partial charge in [-0.2, -0.15) is 0 Å². The molecule has 2 fully saturated rings. The van der Waals surface area contributed by atoms with Crippen molar-refractivity contribution in [2.75, 3.05) is 5.73 Å². The smallest absolute Gasteiger partial charge is 0.176 e. The second-order valence-corrected chi connectivity index (χ2v) is 6.22. The van der Waals surface area contributed by atoms with Crippen LogP contribution in [0.1, 0.15) is 31.4 Å². The van der Waals surface area contributed by atoms with E-state index in [9.17, 15) is 0 Å². The van der Waals surface area contributed by atoms with Crippen molar-refractivity contribution in [3.05, 3.63) is 30.2 Å². The average Bonchev–Trinajstić information content (AvgIpc) is 3.16. The van der Waals surface area contributed by atoms with Crippen LogP contribution >= 0.6 is 0 Å². The molecule has 2 aromatic rings. The first kappa shape index (κ1) is 11.9. The monoisotopic (exact) mass is 269 g/mol. The zero-order valence-corrected chi connectivity index (χ0v) is 11.5. The van der Waals surface area contributed by atoms with E-state index in [-0.39, 0.29) is 0 Å². The molecule has 4 heteroatoms. The Labute approximate surface area is 118 Å². The Morgan fingerprint density at radius 2 is 2.20 bits per heavy atom. The molecule has 0 radical (unpaired) electrons. The summed E-state index contributed by atoms with van der Waals surface area (Å²) in [5, 5.41) is 3.96. The number of nitrogen functional groups attached to an aromatic ring is 1. The number of hydrogen-bond acceptors (Lipinski definition) is 4. The van der Waals surface area contributed by atoms with Gasteiger partial charge < -0.3 is 10.3 Å². The minimum absolute atomic E-state index is 0.460. The molecule has 4 nitrogen and oxygen atoms in total. The van der Waals surface area contributed by atoms with Crippen LogP contribution < -0.4 is 5.73 Å². The molecular formula is C16H19N3O. The maximum atomic E-state index is 5.98. The fraction of sp³-hybridized carbons (Fsp3) is 0.500. The molecule has 0 amide bonds. The second-order valence-electron chi connectivity index (χ2n) is 6.22. The molecule has 4 rings (SSSR count). The summed E-state index contributed by atoms with van der Waals surface area (Å²) in [5.74, 6) is 3.94. The number of nitrogens with two attached hydrogens (primary N) is 1. The van der Waals surface area contributed by atoms with Crippen molar-refractivity contribution in [3.63, 3.8) is 0 Å². The molecule has 0 aliphatic heterocycles. The lowest BCUT2D eigenvalue weighted by molar-refractivity contribution is 0.294. The molecule has 3 unspecified atom stereocenters. The van der Waals surface area contributed by atoms with E-state index in [2.05, 4.69) is 10.1 Å². The summed E-state index contributed by atoms with van der Waals surface area (Å²) in [4.78, 5) is 4.39. The molecule has 2 aliphatic carbocycles. The Balaban J connectivity index is 1.63. The van der Waals surface area contributed by atoms with Crippen LogP contribution in [0.4, 0.5) is 5.82 Å². The number of rotatable bonds is 3. The SMILES string of the molecule is Nc1noc(CC2CC3CCC2C3)c1-c1ccccn1. The molecule has 2 aliphatic rings. The van der Waals surface area contributed by atoms with Gasteiger partial charge in [-0.3, -0.25) is 4.98 Å². The van der Waals surface area contributed by atoms with Crippen molar-refractivity contribution < 1.29 is 4.52 Å². The van der Waals surface area contributed by atoms with Gasteiger partial charge in [0, 0.05) is 12.6 Å². The molecule has 3 atom stereocenters. The van der Waals surface area contributed by atoms with Crippen molar-refractivity contribution in [2.24, 2.45) is 17.8 Å². The lowest BCUT2D eigenvalue weighted by atomic mass is 9.85. The zero-order chi connectivity index (χ0) is 13.5. The van der Waals surface area contributed by atoms with Crippen LogP contribution in [0, 0.1) is 17.8 Å². The largest absolute Gasteiger partial charge is 0.380 e. The highest BCUT2D eigenvalue weighted by molar-refractivity contribution is 5.72. The van der Waals surface area contributed by atoms with E-state index in [1.165, 1.54) is 25.7 Å². The minimum atomic E-state index is 0.460. The summed E-state index contributed by atoms with van der Waals surface area (Å²) in [7, 11) is 0. The summed E-state index contributed by atoms with van der Waals surface area (Å²) < 4.78 is 5.50. The van der Waals surface area contributed by atoms with E-state index in [1.54, 1.807) is 6.20 Å². The molecule has 104 valence electrons. The molecule has 2 bridgehead atoms. The van der Waals surface area contributed by atoms with Crippen LogP contribution in [-0.4, -0.2) is 10.1 Å². The standard InChI is InChI=1S/C16H19N3O/c17-16-15(13-3-1-2-6-18-13)14(20-19-16)9-12-8-10-4-5-11(12)7-10/h1-3,6,10-12H,4-5,7-9H2,(H2,17,19). The van der Waals surface area contributed by atoms with Crippen molar-refractivity contribution >= 4 is 5.82 Å². The van der Waals surface area contributed by atoms with E-state index < -0.39 is 0 Å². The van der Waals surface area contributed by atoms with Gasteiger partial charge in [0.1, 0.15) is 5.76 Å². The second kappa shape index (κ2) is 4.62. The van der Waals surface area contributed by atoms with Gasteiger partial charge in [0.05, 0.1) is 11.3 Å². The first-order valence-electron chi connectivity index (χ1n) is 7.46. The van der Waals surface area contributed by atoms with Crippen LogP contribution in [0.5, 0.6) is 0 Å². The Bertz CT molecular complexity index is 607. The number of hydrogen-bond donors (Lipinski definition) is 1. The summed E-state index contributed by atoms with van der Waals surface area (Å²) in [6.45, 7) is 0. The Morgan fingerprint density at radius 1 is 1.25 bits per heavy atom. The molecule has 2 aromatic heterocycles. The van der Waals surface area contributed by atoms with Gasteiger partial charge in [0.25, 0.3) is 0 Å². The average molecular weight is 269 g/mol. The first-order valence-corrected chi connectivity index (χ1v) is 7.46. The highest BCUT2D eigenvalue weighted by Crippen LogP contribution is 2.50. The molecular weight excluding hydrogens is 250 g/mol. The quantitative estimate of drug-likeness (QED) is 0.928. The van der Waals surface area contributed by atoms with E-state index in [1.807, 2.05) is 18.2 Å². The molecule has 2 N–H and O–H groups in total. The number of pyridine rings is 1. The zero-order valence-electron chi connectivity index (χ0n) is 11.5. The molecule has 2 heterocycles. The van der Waals surface area contributed by atoms with E-state index in [0.29, 0.717) is 5.82 Å². The van der Waals surface area contributed by atoms with Gasteiger partial charge in [0.2, 0.25) is 0 Å². The van der Waals surface area contributed by atoms with Crippen LogP contribution in [0.15, 0.2) is 28.9 Å². The Kier molecular flexibility index (Phi) is 2.76.